The molecule has 1 aliphatic heterocycles. The number of methoxy groups -OCH3 is 2. The molecule has 0 bridgehead atoms. The van der Waals surface area contributed by atoms with Crippen LogP contribution in [0.2, 0.25) is 0 Å². The van der Waals surface area contributed by atoms with E-state index in [1.807, 2.05) is 10.8 Å². The van der Waals surface area contributed by atoms with E-state index in [1.165, 1.54) is 26.4 Å². The number of hydrogen-bond donors (Lipinski definition) is 0. The van der Waals surface area contributed by atoms with Crippen molar-refractivity contribution in [2.75, 3.05) is 20.8 Å². The first-order valence-electron chi connectivity index (χ1n) is 9.73. The highest BCUT2D eigenvalue weighted by molar-refractivity contribution is 7.89. The molecule has 2 heterocycles. The van der Waals surface area contributed by atoms with E-state index >= 15 is 0 Å². The summed E-state index contributed by atoms with van der Waals surface area (Å²) in [7, 11) is -1.61. The number of sulfonamides is 1. The molecular formula is C22H21F3N2O4S. The maximum atomic E-state index is 13.7. The van der Waals surface area contributed by atoms with E-state index in [4.69, 9.17) is 9.47 Å². The van der Waals surface area contributed by atoms with Gasteiger partial charge >= 0.3 is 6.18 Å². The highest BCUT2D eigenvalue weighted by Crippen LogP contribution is 2.43. The topological polar surface area (TPSA) is 60.8 Å². The lowest BCUT2D eigenvalue weighted by Crippen LogP contribution is -2.43. The Labute approximate surface area is 183 Å². The second-order valence-electron chi connectivity index (χ2n) is 7.25. The predicted molar refractivity (Wildman–Crippen MR) is 111 cm³/mol. The van der Waals surface area contributed by atoms with Gasteiger partial charge in [-0.15, -0.1) is 0 Å². The third-order valence-corrected chi connectivity index (χ3v) is 7.43. The van der Waals surface area contributed by atoms with Crippen LogP contribution in [0.5, 0.6) is 11.5 Å². The summed E-state index contributed by atoms with van der Waals surface area (Å²) in [6.45, 7) is 0.291. The monoisotopic (exact) mass is 466 g/mol. The van der Waals surface area contributed by atoms with Crippen molar-refractivity contribution < 1.29 is 31.1 Å². The molecule has 1 atom stereocenters. The Hall–Kier alpha value is -2.98. The van der Waals surface area contributed by atoms with Gasteiger partial charge in [-0.2, -0.15) is 17.5 Å². The van der Waals surface area contributed by atoms with E-state index in [1.54, 1.807) is 30.3 Å². The van der Waals surface area contributed by atoms with Crippen molar-refractivity contribution in [3.05, 3.63) is 77.6 Å². The minimum atomic E-state index is -4.82. The van der Waals surface area contributed by atoms with Crippen LogP contribution in [0.4, 0.5) is 13.2 Å². The van der Waals surface area contributed by atoms with Gasteiger partial charge in [-0.1, -0.05) is 12.1 Å². The van der Waals surface area contributed by atoms with Crippen LogP contribution >= 0.6 is 0 Å². The third-order valence-electron chi connectivity index (χ3n) is 5.50. The van der Waals surface area contributed by atoms with E-state index in [9.17, 15) is 21.6 Å². The van der Waals surface area contributed by atoms with Crippen molar-refractivity contribution in [1.29, 1.82) is 0 Å². The van der Waals surface area contributed by atoms with Crippen LogP contribution in [-0.4, -0.2) is 38.1 Å². The highest BCUT2D eigenvalue weighted by Gasteiger charge is 2.43. The number of nitrogens with zero attached hydrogens (tertiary/aromatic N) is 2. The molecule has 0 spiro atoms. The van der Waals surface area contributed by atoms with E-state index in [0.717, 1.165) is 16.4 Å². The molecule has 6 nitrogen and oxygen atoms in total. The number of rotatable bonds is 5. The second-order valence-corrected chi connectivity index (χ2v) is 9.11. The van der Waals surface area contributed by atoms with Gasteiger partial charge in [0.25, 0.3) is 0 Å². The van der Waals surface area contributed by atoms with Gasteiger partial charge < -0.3 is 14.0 Å². The molecule has 0 saturated heterocycles. The van der Waals surface area contributed by atoms with E-state index in [2.05, 4.69) is 0 Å². The zero-order valence-corrected chi connectivity index (χ0v) is 18.2. The standard InChI is InChI=1S/C22H21F3N2O4S/c1-30-15-9-10-19(31-2)16(14-15)21-18-7-5-11-26(18)12-13-27(21)32(28,29)20-8-4-3-6-17(20)22(23,24)25/h3-11,14,21H,12-13H2,1-2H3/t21-/m1/s1. The molecule has 10 heteroatoms. The first-order valence-corrected chi connectivity index (χ1v) is 11.2. The summed E-state index contributed by atoms with van der Waals surface area (Å²) in [5, 5.41) is 0. The zero-order valence-electron chi connectivity index (χ0n) is 17.3. The fourth-order valence-electron chi connectivity index (χ4n) is 4.04. The Kier molecular flexibility index (Phi) is 5.68. The molecule has 3 aromatic rings. The Morgan fingerprint density at radius 2 is 1.72 bits per heavy atom. The molecular weight excluding hydrogens is 445 g/mol. The van der Waals surface area contributed by atoms with Gasteiger partial charge in [-0.05, 0) is 42.5 Å². The average molecular weight is 466 g/mol. The fraction of sp³-hybridized carbons (Fsp3) is 0.273. The minimum absolute atomic E-state index is 0.0127. The van der Waals surface area contributed by atoms with Crippen molar-refractivity contribution in [2.45, 2.75) is 23.7 Å². The molecule has 0 saturated carbocycles. The lowest BCUT2D eigenvalue weighted by molar-refractivity contribution is -0.139. The van der Waals surface area contributed by atoms with Crippen molar-refractivity contribution >= 4 is 10.0 Å². The fourth-order valence-corrected chi connectivity index (χ4v) is 5.83. The van der Waals surface area contributed by atoms with Gasteiger partial charge in [-0.25, -0.2) is 8.42 Å². The summed E-state index contributed by atoms with van der Waals surface area (Å²) < 4.78 is 82.0. The molecule has 0 N–H and O–H groups in total. The van der Waals surface area contributed by atoms with E-state index < -0.39 is 32.7 Å². The van der Waals surface area contributed by atoms with Gasteiger partial charge in [-0.3, -0.25) is 0 Å². The Morgan fingerprint density at radius 3 is 2.41 bits per heavy atom. The van der Waals surface area contributed by atoms with Crippen LogP contribution < -0.4 is 9.47 Å². The molecule has 4 rings (SSSR count). The van der Waals surface area contributed by atoms with Crippen molar-refractivity contribution in [3.63, 3.8) is 0 Å². The van der Waals surface area contributed by atoms with Gasteiger partial charge in [0, 0.05) is 30.5 Å². The molecule has 1 aromatic heterocycles. The van der Waals surface area contributed by atoms with E-state index in [-0.39, 0.29) is 6.54 Å². The molecule has 0 fully saturated rings. The van der Waals surface area contributed by atoms with Gasteiger partial charge in [0.05, 0.1) is 30.7 Å². The number of aromatic nitrogens is 1. The van der Waals surface area contributed by atoms with Crippen LogP contribution in [0.25, 0.3) is 0 Å². The number of halogens is 3. The van der Waals surface area contributed by atoms with Crippen LogP contribution in [-0.2, 0) is 22.7 Å². The Bertz CT molecular complexity index is 1240. The lowest BCUT2D eigenvalue weighted by atomic mass is 10.0. The molecule has 0 radical (unpaired) electrons. The first kappa shape index (κ1) is 22.2. The summed E-state index contributed by atoms with van der Waals surface area (Å²) in [6, 6.07) is 11.8. The highest BCUT2D eigenvalue weighted by atomic mass is 32.2. The normalized spacial score (nSPS) is 17.1. The van der Waals surface area contributed by atoms with Crippen LogP contribution in [0, 0.1) is 0 Å². The van der Waals surface area contributed by atoms with Crippen LogP contribution in [0.3, 0.4) is 0 Å². The minimum Gasteiger partial charge on any atom is -0.497 e. The van der Waals surface area contributed by atoms with Crippen LogP contribution in [0.1, 0.15) is 22.9 Å². The number of alkyl halides is 3. The lowest BCUT2D eigenvalue weighted by Gasteiger charge is -2.37. The number of benzene rings is 2. The first-order chi connectivity index (χ1) is 15.2. The number of fused-ring (bicyclic) bond motifs is 1. The third kappa shape index (κ3) is 3.73. The summed E-state index contributed by atoms with van der Waals surface area (Å²) in [4.78, 5) is -0.778. The summed E-state index contributed by atoms with van der Waals surface area (Å²) in [6.07, 6.45) is -3.01. The number of hydrogen-bond acceptors (Lipinski definition) is 4. The van der Waals surface area contributed by atoms with Crippen LogP contribution in [0.15, 0.2) is 65.7 Å². The summed E-state index contributed by atoms with van der Waals surface area (Å²) >= 11 is 0. The van der Waals surface area contributed by atoms with Crippen molar-refractivity contribution in [3.8, 4) is 11.5 Å². The number of ether oxygens (including phenoxy) is 2. The van der Waals surface area contributed by atoms with Gasteiger partial charge in [0.15, 0.2) is 0 Å². The molecule has 32 heavy (non-hydrogen) atoms. The zero-order chi connectivity index (χ0) is 23.1. The second kappa shape index (κ2) is 8.18. The average Bonchev–Trinajstić information content (AvgIpc) is 3.26. The summed E-state index contributed by atoms with van der Waals surface area (Å²) in [5.74, 6) is 0.868. The van der Waals surface area contributed by atoms with Gasteiger partial charge in [0.2, 0.25) is 10.0 Å². The molecule has 0 amide bonds. The summed E-state index contributed by atoms with van der Waals surface area (Å²) in [5.41, 5.74) is -0.104. The largest absolute Gasteiger partial charge is 0.497 e. The Morgan fingerprint density at radius 1 is 0.969 bits per heavy atom. The van der Waals surface area contributed by atoms with E-state index in [0.29, 0.717) is 29.3 Å². The maximum absolute atomic E-state index is 13.7. The maximum Gasteiger partial charge on any atom is 0.417 e. The smallest absolute Gasteiger partial charge is 0.417 e. The van der Waals surface area contributed by atoms with Crippen molar-refractivity contribution in [1.82, 2.24) is 8.87 Å². The molecule has 170 valence electrons. The predicted octanol–water partition coefficient (Wildman–Crippen LogP) is 4.32. The van der Waals surface area contributed by atoms with Gasteiger partial charge in [0.1, 0.15) is 11.5 Å². The quantitative estimate of drug-likeness (QED) is 0.562. The molecule has 1 aliphatic rings. The molecule has 2 aromatic carbocycles. The SMILES string of the molecule is COc1ccc(OC)c([C@@H]2c3cccn3CCN2S(=O)(=O)c2ccccc2C(F)(F)F)c1. The Balaban J connectivity index is 1.94. The van der Waals surface area contributed by atoms with Crippen molar-refractivity contribution in [2.24, 2.45) is 0 Å². The molecule has 0 aliphatic carbocycles. The molecule has 0 unspecified atom stereocenters.